The summed E-state index contributed by atoms with van der Waals surface area (Å²) in [6, 6.07) is 5.94. The van der Waals surface area contributed by atoms with Gasteiger partial charge in [-0.2, -0.15) is 9.61 Å². The maximum absolute atomic E-state index is 13.0. The van der Waals surface area contributed by atoms with Gasteiger partial charge in [0.2, 0.25) is 4.96 Å². The van der Waals surface area contributed by atoms with E-state index in [1.54, 1.807) is 16.6 Å². The Balaban J connectivity index is 2.10. The van der Waals surface area contributed by atoms with E-state index in [1.165, 1.54) is 23.5 Å². The van der Waals surface area contributed by atoms with Crippen molar-refractivity contribution in [1.82, 2.24) is 14.6 Å². The Morgan fingerprint density at radius 3 is 2.67 bits per heavy atom. The quantitative estimate of drug-likeness (QED) is 0.692. The topological polar surface area (TPSA) is 47.3 Å². The average molecular weight is 303 g/mol. The molecular formula is C15H14FN3OS. The van der Waals surface area contributed by atoms with E-state index >= 15 is 0 Å². The Hall–Kier alpha value is -2.08. The average Bonchev–Trinajstić information content (AvgIpc) is 2.95. The van der Waals surface area contributed by atoms with Gasteiger partial charge in [0.1, 0.15) is 22.2 Å². The standard InChI is InChI=1S/C15H14FN3OS/c1-9(2)7-13-18-19-12(8-20)14(17-15(19)21-13)10-3-5-11(16)6-4-10/h3-6,8-9H,7H2,1-2H3. The van der Waals surface area contributed by atoms with Crippen LogP contribution < -0.4 is 0 Å². The Morgan fingerprint density at radius 1 is 1.33 bits per heavy atom. The predicted molar refractivity (Wildman–Crippen MR) is 80.2 cm³/mol. The van der Waals surface area contributed by atoms with Gasteiger partial charge in [-0.15, -0.1) is 0 Å². The van der Waals surface area contributed by atoms with Crippen molar-refractivity contribution >= 4 is 22.6 Å². The van der Waals surface area contributed by atoms with E-state index < -0.39 is 0 Å². The molecule has 3 aromatic rings. The Kier molecular flexibility index (Phi) is 3.55. The van der Waals surface area contributed by atoms with Crippen LogP contribution in [0.15, 0.2) is 24.3 Å². The number of rotatable bonds is 4. The molecule has 0 unspecified atom stereocenters. The van der Waals surface area contributed by atoms with E-state index in [9.17, 15) is 9.18 Å². The minimum absolute atomic E-state index is 0.315. The van der Waals surface area contributed by atoms with Gasteiger partial charge < -0.3 is 0 Å². The third-order valence-corrected chi connectivity index (χ3v) is 4.02. The number of hydrogen-bond donors (Lipinski definition) is 0. The summed E-state index contributed by atoms with van der Waals surface area (Å²) in [5.74, 6) is 0.182. The minimum Gasteiger partial charge on any atom is -0.296 e. The van der Waals surface area contributed by atoms with E-state index in [0.29, 0.717) is 27.8 Å². The SMILES string of the molecule is CC(C)Cc1nn2c(C=O)c(-c3ccc(F)cc3)nc2s1. The van der Waals surface area contributed by atoms with Gasteiger partial charge in [-0.05, 0) is 30.2 Å². The molecule has 2 aromatic heterocycles. The third kappa shape index (κ3) is 2.58. The van der Waals surface area contributed by atoms with Crippen LogP contribution in [0.25, 0.3) is 16.2 Å². The third-order valence-electron chi connectivity index (χ3n) is 3.09. The highest BCUT2D eigenvalue weighted by atomic mass is 32.1. The Labute approximate surface area is 125 Å². The number of aromatic nitrogens is 3. The number of fused-ring (bicyclic) bond motifs is 1. The lowest BCUT2D eigenvalue weighted by molar-refractivity contribution is 0.111. The van der Waals surface area contributed by atoms with Crippen LogP contribution in [-0.4, -0.2) is 20.9 Å². The van der Waals surface area contributed by atoms with Gasteiger partial charge in [-0.1, -0.05) is 25.2 Å². The summed E-state index contributed by atoms with van der Waals surface area (Å²) in [5, 5.41) is 5.41. The molecule has 0 spiro atoms. The summed E-state index contributed by atoms with van der Waals surface area (Å²) in [6.45, 7) is 4.24. The highest BCUT2D eigenvalue weighted by Crippen LogP contribution is 2.27. The fourth-order valence-electron chi connectivity index (χ4n) is 2.16. The number of carbonyl (C=O) groups is 1. The summed E-state index contributed by atoms with van der Waals surface area (Å²) in [4.78, 5) is 16.6. The van der Waals surface area contributed by atoms with E-state index in [2.05, 4.69) is 23.9 Å². The molecule has 6 heteroatoms. The first-order chi connectivity index (χ1) is 10.1. The second-order valence-corrected chi connectivity index (χ2v) is 6.30. The highest BCUT2D eigenvalue weighted by Gasteiger charge is 2.17. The summed E-state index contributed by atoms with van der Waals surface area (Å²) in [7, 11) is 0. The van der Waals surface area contributed by atoms with Gasteiger partial charge in [-0.25, -0.2) is 9.37 Å². The van der Waals surface area contributed by atoms with Gasteiger partial charge in [0.15, 0.2) is 6.29 Å². The van der Waals surface area contributed by atoms with E-state index in [4.69, 9.17) is 0 Å². The second kappa shape index (κ2) is 5.37. The molecule has 0 saturated carbocycles. The maximum atomic E-state index is 13.0. The van der Waals surface area contributed by atoms with Gasteiger partial charge in [0.25, 0.3) is 0 Å². The Bertz CT molecular complexity index is 789. The first-order valence-electron chi connectivity index (χ1n) is 6.68. The molecular weight excluding hydrogens is 289 g/mol. The first-order valence-corrected chi connectivity index (χ1v) is 7.49. The zero-order chi connectivity index (χ0) is 15.0. The predicted octanol–water partition coefficient (Wildman–Crippen LogP) is 3.61. The number of aldehydes is 1. The van der Waals surface area contributed by atoms with Crippen LogP contribution >= 0.6 is 11.3 Å². The summed E-state index contributed by atoms with van der Waals surface area (Å²) < 4.78 is 14.6. The van der Waals surface area contributed by atoms with Crippen LogP contribution in [0.4, 0.5) is 4.39 Å². The maximum Gasteiger partial charge on any atom is 0.213 e. The minimum atomic E-state index is -0.315. The van der Waals surface area contributed by atoms with Crippen molar-refractivity contribution in [2.24, 2.45) is 5.92 Å². The molecule has 0 fully saturated rings. The zero-order valence-electron chi connectivity index (χ0n) is 11.7. The summed E-state index contributed by atoms with van der Waals surface area (Å²) in [5.41, 5.74) is 1.66. The molecule has 0 aliphatic carbocycles. The number of nitrogens with zero attached hydrogens (tertiary/aromatic N) is 3. The number of imidazole rings is 1. The van der Waals surface area contributed by atoms with E-state index in [0.717, 1.165) is 17.7 Å². The van der Waals surface area contributed by atoms with Crippen LogP contribution in [0.5, 0.6) is 0 Å². The molecule has 3 rings (SSSR count). The van der Waals surface area contributed by atoms with E-state index in [-0.39, 0.29) is 5.82 Å². The van der Waals surface area contributed by atoms with Crippen molar-refractivity contribution < 1.29 is 9.18 Å². The smallest absolute Gasteiger partial charge is 0.213 e. The lowest BCUT2D eigenvalue weighted by Crippen LogP contribution is -1.98. The van der Waals surface area contributed by atoms with Crippen molar-refractivity contribution in [3.05, 3.63) is 40.8 Å². The van der Waals surface area contributed by atoms with E-state index in [1.807, 2.05) is 0 Å². The lowest BCUT2D eigenvalue weighted by atomic mass is 10.1. The van der Waals surface area contributed by atoms with Crippen molar-refractivity contribution in [2.45, 2.75) is 20.3 Å². The van der Waals surface area contributed by atoms with Crippen molar-refractivity contribution in [3.8, 4) is 11.3 Å². The fourth-order valence-corrected chi connectivity index (χ4v) is 3.27. The van der Waals surface area contributed by atoms with Crippen LogP contribution in [0.1, 0.15) is 29.3 Å². The molecule has 0 aliphatic rings. The second-order valence-electron chi connectivity index (χ2n) is 5.26. The number of halogens is 1. The van der Waals surface area contributed by atoms with Gasteiger partial charge in [-0.3, -0.25) is 4.79 Å². The molecule has 108 valence electrons. The largest absolute Gasteiger partial charge is 0.296 e. The molecule has 1 aromatic carbocycles. The molecule has 0 N–H and O–H groups in total. The Morgan fingerprint density at radius 2 is 2.05 bits per heavy atom. The van der Waals surface area contributed by atoms with Crippen molar-refractivity contribution in [2.75, 3.05) is 0 Å². The molecule has 2 heterocycles. The van der Waals surface area contributed by atoms with Gasteiger partial charge >= 0.3 is 0 Å². The normalized spacial score (nSPS) is 11.4. The summed E-state index contributed by atoms with van der Waals surface area (Å²) in [6.07, 6.45) is 1.61. The van der Waals surface area contributed by atoms with Gasteiger partial charge in [0, 0.05) is 12.0 Å². The van der Waals surface area contributed by atoms with Gasteiger partial charge in [0.05, 0.1) is 0 Å². The molecule has 0 bridgehead atoms. The molecule has 0 aliphatic heterocycles. The molecule has 21 heavy (non-hydrogen) atoms. The van der Waals surface area contributed by atoms with Crippen LogP contribution in [0.2, 0.25) is 0 Å². The first kappa shape index (κ1) is 13.9. The zero-order valence-corrected chi connectivity index (χ0v) is 12.5. The molecule has 0 saturated heterocycles. The molecule has 0 atom stereocenters. The summed E-state index contributed by atoms with van der Waals surface area (Å²) >= 11 is 1.48. The highest BCUT2D eigenvalue weighted by molar-refractivity contribution is 7.16. The monoisotopic (exact) mass is 303 g/mol. The number of carbonyl (C=O) groups excluding carboxylic acids is 1. The van der Waals surface area contributed by atoms with Crippen LogP contribution in [-0.2, 0) is 6.42 Å². The number of benzene rings is 1. The van der Waals surface area contributed by atoms with Crippen LogP contribution in [0.3, 0.4) is 0 Å². The lowest BCUT2D eigenvalue weighted by Gasteiger charge is -1.99. The van der Waals surface area contributed by atoms with Crippen molar-refractivity contribution in [1.29, 1.82) is 0 Å². The molecule has 0 amide bonds. The van der Waals surface area contributed by atoms with Crippen molar-refractivity contribution in [3.63, 3.8) is 0 Å². The molecule has 4 nitrogen and oxygen atoms in total. The van der Waals surface area contributed by atoms with Crippen LogP contribution in [0, 0.1) is 11.7 Å². The number of hydrogen-bond acceptors (Lipinski definition) is 4. The fraction of sp³-hybridized carbons (Fsp3) is 0.267. The molecule has 0 radical (unpaired) electrons.